The molecule has 2 fully saturated rings. The van der Waals surface area contributed by atoms with Gasteiger partial charge in [-0.1, -0.05) is 50.5 Å². The molecule has 1 nitrogen and oxygen atoms in total. The fourth-order valence-electron chi connectivity index (χ4n) is 4.27. The molecule has 1 heteroatoms. The second kappa shape index (κ2) is 7.45. The van der Waals surface area contributed by atoms with Crippen molar-refractivity contribution in [2.24, 2.45) is 5.92 Å². The van der Waals surface area contributed by atoms with E-state index in [1.54, 1.807) is 11.1 Å². The molecule has 1 aromatic carbocycles. The topological polar surface area (TPSA) is 12.0 Å². The predicted octanol–water partition coefficient (Wildman–Crippen LogP) is 5.23. The van der Waals surface area contributed by atoms with E-state index in [1.807, 2.05) is 0 Å². The van der Waals surface area contributed by atoms with Crippen LogP contribution in [-0.2, 0) is 0 Å². The van der Waals surface area contributed by atoms with Crippen LogP contribution in [0.25, 0.3) is 0 Å². The van der Waals surface area contributed by atoms with Crippen molar-refractivity contribution in [3.05, 3.63) is 35.4 Å². The molecule has 2 atom stereocenters. The molecule has 0 saturated heterocycles. The molecular weight excluding hydrogens is 254 g/mol. The van der Waals surface area contributed by atoms with Gasteiger partial charge in [0.15, 0.2) is 0 Å². The minimum atomic E-state index is 0.805. The van der Waals surface area contributed by atoms with Gasteiger partial charge in [0, 0.05) is 0 Å². The summed E-state index contributed by atoms with van der Waals surface area (Å²) in [5.74, 6) is 2.53. The highest BCUT2D eigenvalue weighted by atomic mass is 14.9. The highest BCUT2D eigenvalue weighted by Gasteiger charge is 2.30. The van der Waals surface area contributed by atoms with Gasteiger partial charge >= 0.3 is 0 Å². The molecule has 0 heterocycles. The summed E-state index contributed by atoms with van der Waals surface area (Å²) in [6.07, 6.45) is 11.2. The third kappa shape index (κ3) is 3.51. The molecule has 0 radical (unpaired) electrons. The van der Waals surface area contributed by atoms with Gasteiger partial charge in [-0.2, -0.15) is 0 Å². The average molecular weight is 285 g/mol. The van der Waals surface area contributed by atoms with Crippen molar-refractivity contribution in [1.29, 1.82) is 0 Å². The van der Waals surface area contributed by atoms with Crippen molar-refractivity contribution in [2.75, 3.05) is 13.1 Å². The summed E-state index contributed by atoms with van der Waals surface area (Å²) < 4.78 is 0. The fourth-order valence-corrected chi connectivity index (χ4v) is 4.27. The van der Waals surface area contributed by atoms with E-state index in [1.165, 1.54) is 64.5 Å². The second-order valence-corrected chi connectivity index (χ2v) is 7.11. The van der Waals surface area contributed by atoms with E-state index in [4.69, 9.17) is 0 Å². The Bertz CT molecular complexity index is 435. The van der Waals surface area contributed by atoms with Gasteiger partial charge in [-0.3, -0.25) is 0 Å². The van der Waals surface area contributed by atoms with E-state index >= 15 is 0 Å². The molecule has 2 saturated carbocycles. The molecule has 0 bridgehead atoms. The maximum Gasteiger partial charge on any atom is -0.00147 e. The Balaban J connectivity index is 1.76. The summed E-state index contributed by atoms with van der Waals surface area (Å²) in [7, 11) is 0. The van der Waals surface area contributed by atoms with Gasteiger partial charge in [0.25, 0.3) is 0 Å². The molecule has 21 heavy (non-hydrogen) atoms. The van der Waals surface area contributed by atoms with Gasteiger partial charge in [-0.15, -0.1) is 0 Å². The lowest BCUT2D eigenvalue weighted by molar-refractivity contribution is 0.291. The Morgan fingerprint density at radius 3 is 2.43 bits per heavy atom. The Morgan fingerprint density at radius 2 is 1.71 bits per heavy atom. The molecule has 116 valence electrons. The zero-order valence-corrected chi connectivity index (χ0v) is 13.6. The van der Waals surface area contributed by atoms with Crippen LogP contribution in [0, 0.1) is 5.92 Å². The van der Waals surface area contributed by atoms with Crippen LogP contribution < -0.4 is 5.32 Å². The van der Waals surface area contributed by atoms with Gasteiger partial charge in [0.2, 0.25) is 0 Å². The lowest BCUT2D eigenvalue weighted by atomic mass is 9.70. The van der Waals surface area contributed by atoms with E-state index in [0.717, 1.165) is 17.8 Å². The van der Waals surface area contributed by atoms with Crippen molar-refractivity contribution < 1.29 is 0 Å². The van der Waals surface area contributed by atoms with Gasteiger partial charge in [0.1, 0.15) is 0 Å². The highest BCUT2D eigenvalue weighted by Crippen LogP contribution is 2.44. The lowest BCUT2D eigenvalue weighted by Crippen LogP contribution is -2.30. The maximum atomic E-state index is 3.68. The van der Waals surface area contributed by atoms with Gasteiger partial charge in [0.05, 0.1) is 0 Å². The van der Waals surface area contributed by atoms with E-state index in [2.05, 4.69) is 36.5 Å². The van der Waals surface area contributed by atoms with Crippen molar-refractivity contribution in [1.82, 2.24) is 5.32 Å². The van der Waals surface area contributed by atoms with Gasteiger partial charge in [-0.25, -0.2) is 0 Å². The van der Waals surface area contributed by atoms with E-state index in [0.29, 0.717) is 0 Å². The molecule has 2 aliphatic rings. The summed E-state index contributed by atoms with van der Waals surface area (Å²) in [4.78, 5) is 0. The fraction of sp³-hybridized carbons (Fsp3) is 0.700. The standard InChI is InChI=1S/C20H31N/c1-2-14-21-15-17-8-3-4-12-19(17)20-13-6-5-11-18(20)16-9-7-10-16/h5-6,11,13,16-17,19,21H,2-4,7-10,12,14-15H2,1H3. The average Bonchev–Trinajstić information content (AvgIpc) is 2.47. The largest absolute Gasteiger partial charge is 0.316 e. The molecule has 0 spiro atoms. The molecule has 2 aliphatic carbocycles. The Morgan fingerprint density at radius 1 is 0.952 bits per heavy atom. The number of hydrogen-bond acceptors (Lipinski definition) is 1. The Kier molecular flexibility index (Phi) is 5.35. The van der Waals surface area contributed by atoms with Crippen LogP contribution in [0.1, 0.15) is 81.3 Å². The SMILES string of the molecule is CCCNCC1CCCCC1c1ccccc1C1CCC1. The summed E-state index contributed by atoms with van der Waals surface area (Å²) in [6.45, 7) is 4.66. The van der Waals surface area contributed by atoms with Crippen LogP contribution in [0.2, 0.25) is 0 Å². The second-order valence-electron chi connectivity index (χ2n) is 7.11. The van der Waals surface area contributed by atoms with Crippen LogP contribution in [0.15, 0.2) is 24.3 Å². The van der Waals surface area contributed by atoms with Crippen LogP contribution in [0.4, 0.5) is 0 Å². The lowest BCUT2D eigenvalue weighted by Gasteiger charge is -2.36. The maximum absolute atomic E-state index is 3.68. The molecule has 2 unspecified atom stereocenters. The minimum absolute atomic E-state index is 0.805. The first kappa shape index (κ1) is 15.1. The van der Waals surface area contributed by atoms with Crippen molar-refractivity contribution in [3.8, 4) is 0 Å². The third-order valence-corrected chi connectivity index (χ3v) is 5.68. The van der Waals surface area contributed by atoms with Crippen molar-refractivity contribution >= 4 is 0 Å². The highest BCUT2D eigenvalue weighted by molar-refractivity contribution is 5.35. The van der Waals surface area contributed by atoms with Crippen LogP contribution in [0.5, 0.6) is 0 Å². The summed E-state index contributed by atoms with van der Waals surface area (Å²) in [5.41, 5.74) is 3.39. The Hall–Kier alpha value is -0.820. The number of nitrogens with one attached hydrogen (secondary N) is 1. The quantitative estimate of drug-likeness (QED) is 0.706. The van der Waals surface area contributed by atoms with E-state index < -0.39 is 0 Å². The third-order valence-electron chi connectivity index (χ3n) is 5.68. The smallest absolute Gasteiger partial charge is 0.00147 e. The van der Waals surface area contributed by atoms with Crippen molar-refractivity contribution in [2.45, 2.75) is 70.1 Å². The minimum Gasteiger partial charge on any atom is -0.316 e. The molecule has 0 aromatic heterocycles. The van der Waals surface area contributed by atoms with E-state index in [9.17, 15) is 0 Å². The summed E-state index contributed by atoms with van der Waals surface area (Å²) in [6, 6.07) is 9.38. The van der Waals surface area contributed by atoms with Gasteiger partial charge < -0.3 is 5.32 Å². The summed E-state index contributed by atoms with van der Waals surface area (Å²) >= 11 is 0. The monoisotopic (exact) mass is 285 g/mol. The first-order valence-corrected chi connectivity index (χ1v) is 9.19. The first-order chi connectivity index (χ1) is 10.4. The normalized spacial score (nSPS) is 26.5. The zero-order valence-electron chi connectivity index (χ0n) is 13.6. The van der Waals surface area contributed by atoms with Crippen LogP contribution >= 0.6 is 0 Å². The molecule has 1 N–H and O–H groups in total. The van der Waals surface area contributed by atoms with E-state index in [-0.39, 0.29) is 0 Å². The summed E-state index contributed by atoms with van der Waals surface area (Å²) in [5, 5.41) is 3.68. The number of hydrogen-bond donors (Lipinski definition) is 1. The molecule has 3 rings (SSSR count). The molecule has 0 aliphatic heterocycles. The van der Waals surface area contributed by atoms with Gasteiger partial charge in [-0.05, 0) is 74.1 Å². The predicted molar refractivity (Wildman–Crippen MR) is 90.9 cm³/mol. The molecular formula is C20H31N. The first-order valence-electron chi connectivity index (χ1n) is 9.19. The molecule has 0 amide bonds. The Labute approximate surface area is 130 Å². The van der Waals surface area contributed by atoms with Crippen LogP contribution in [-0.4, -0.2) is 13.1 Å². The molecule has 1 aromatic rings. The number of benzene rings is 1. The van der Waals surface area contributed by atoms with Crippen LogP contribution in [0.3, 0.4) is 0 Å². The number of rotatable bonds is 6. The zero-order chi connectivity index (χ0) is 14.5. The van der Waals surface area contributed by atoms with Crippen molar-refractivity contribution in [3.63, 3.8) is 0 Å².